The van der Waals surface area contributed by atoms with Crippen molar-refractivity contribution >= 4 is 16.5 Å². The van der Waals surface area contributed by atoms with Crippen LogP contribution >= 0.6 is 11.3 Å². The van der Waals surface area contributed by atoms with Crippen molar-refractivity contribution in [1.82, 2.24) is 10.2 Å². The van der Waals surface area contributed by atoms with Crippen LogP contribution in [0.2, 0.25) is 0 Å². The van der Waals surface area contributed by atoms with Crippen LogP contribution in [0.1, 0.15) is 30.4 Å². The Kier molecular flexibility index (Phi) is 3.95. The summed E-state index contributed by atoms with van der Waals surface area (Å²) in [6.45, 7) is 4.82. The molecule has 94 valence electrons. The van der Waals surface area contributed by atoms with E-state index in [9.17, 15) is 0 Å². The summed E-state index contributed by atoms with van der Waals surface area (Å²) in [4.78, 5) is 0. The maximum atomic E-state index is 8.64. The van der Waals surface area contributed by atoms with Crippen LogP contribution < -0.4 is 5.32 Å². The van der Waals surface area contributed by atoms with Gasteiger partial charge in [-0.25, -0.2) is 0 Å². The lowest BCUT2D eigenvalue weighted by Crippen LogP contribution is -1.97. The van der Waals surface area contributed by atoms with Crippen LogP contribution in [0.5, 0.6) is 0 Å². The van der Waals surface area contributed by atoms with Gasteiger partial charge in [-0.2, -0.15) is 5.26 Å². The fraction of sp³-hybridized carbons (Fsp3) is 0.417. The van der Waals surface area contributed by atoms with Gasteiger partial charge in [0.1, 0.15) is 16.8 Å². The predicted molar refractivity (Wildman–Crippen MR) is 69.2 cm³/mol. The van der Waals surface area contributed by atoms with Crippen molar-refractivity contribution in [3.05, 3.63) is 28.7 Å². The minimum absolute atomic E-state index is 0.324. The number of hydrogen-bond donors (Lipinski definition) is 1. The van der Waals surface area contributed by atoms with Gasteiger partial charge in [0.25, 0.3) is 0 Å². The van der Waals surface area contributed by atoms with Crippen molar-refractivity contribution in [1.29, 1.82) is 5.26 Å². The zero-order chi connectivity index (χ0) is 13.0. The molecule has 1 N–H and O–H groups in total. The highest BCUT2D eigenvalue weighted by Crippen LogP contribution is 2.19. The molecule has 0 saturated carbocycles. The molecule has 2 heterocycles. The van der Waals surface area contributed by atoms with Crippen LogP contribution in [0.4, 0.5) is 5.13 Å². The van der Waals surface area contributed by atoms with Crippen molar-refractivity contribution in [2.75, 3.05) is 5.32 Å². The Hall–Kier alpha value is -1.87. The number of rotatable bonds is 5. The fourth-order valence-corrected chi connectivity index (χ4v) is 2.40. The molecule has 6 heteroatoms. The minimum atomic E-state index is 0.324. The second-order valence-corrected chi connectivity index (χ2v) is 5.39. The van der Waals surface area contributed by atoms with Gasteiger partial charge in [0.05, 0.1) is 6.54 Å². The average Bonchev–Trinajstić information content (AvgIpc) is 2.94. The molecule has 0 amide bonds. The Morgan fingerprint density at radius 3 is 2.94 bits per heavy atom. The summed E-state index contributed by atoms with van der Waals surface area (Å²) in [5.41, 5.74) is 0. The molecule has 0 bridgehead atoms. The predicted octanol–water partition coefficient (Wildman–Crippen LogP) is 2.81. The standard InChI is InChI=1S/C12H14N4OS/c1-8(2)5-11-15-16-12(18-11)14-7-10-4-3-9(6-13)17-10/h3-4,8H,5,7H2,1-2H3,(H,14,16). The van der Waals surface area contributed by atoms with E-state index in [0.717, 1.165) is 16.6 Å². The highest BCUT2D eigenvalue weighted by atomic mass is 32.1. The number of aromatic nitrogens is 2. The molecule has 18 heavy (non-hydrogen) atoms. The number of furan rings is 1. The lowest BCUT2D eigenvalue weighted by molar-refractivity contribution is 0.506. The first kappa shape index (κ1) is 12.6. The van der Waals surface area contributed by atoms with Crippen LogP contribution in [0.3, 0.4) is 0 Å². The topological polar surface area (TPSA) is 74.7 Å². The minimum Gasteiger partial charge on any atom is -0.449 e. The van der Waals surface area contributed by atoms with E-state index >= 15 is 0 Å². The average molecular weight is 262 g/mol. The Balaban J connectivity index is 1.90. The van der Waals surface area contributed by atoms with Gasteiger partial charge in [-0.3, -0.25) is 0 Å². The van der Waals surface area contributed by atoms with E-state index in [2.05, 4.69) is 29.4 Å². The Morgan fingerprint density at radius 2 is 2.28 bits per heavy atom. The van der Waals surface area contributed by atoms with Gasteiger partial charge in [0.2, 0.25) is 10.9 Å². The van der Waals surface area contributed by atoms with E-state index in [0.29, 0.717) is 24.0 Å². The molecule has 2 aromatic rings. The first-order chi connectivity index (χ1) is 8.67. The third-order valence-corrected chi connectivity index (χ3v) is 3.14. The van der Waals surface area contributed by atoms with Gasteiger partial charge in [-0.1, -0.05) is 25.2 Å². The second kappa shape index (κ2) is 5.65. The Bertz CT molecular complexity index is 552. The SMILES string of the molecule is CC(C)Cc1nnc(NCc2ccc(C#N)o2)s1. The highest BCUT2D eigenvalue weighted by Gasteiger charge is 2.07. The van der Waals surface area contributed by atoms with E-state index in [1.807, 2.05) is 6.07 Å². The van der Waals surface area contributed by atoms with E-state index in [1.54, 1.807) is 23.5 Å². The van der Waals surface area contributed by atoms with Crippen molar-refractivity contribution in [3.8, 4) is 6.07 Å². The number of hydrogen-bond acceptors (Lipinski definition) is 6. The second-order valence-electron chi connectivity index (χ2n) is 4.33. The van der Waals surface area contributed by atoms with Crippen LogP contribution in [-0.2, 0) is 13.0 Å². The fourth-order valence-electron chi connectivity index (χ4n) is 1.45. The molecular weight excluding hydrogens is 248 g/mol. The molecule has 2 rings (SSSR count). The molecule has 2 aromatic heterocycles. The molecule has 0 aliphatic rings. The van der Waals surface area contributed by atoms with Crippen molar-refractivity contribution in [2.45, 2.75) is 26.8 Å². The lowest BCUT2D eigenvalue weighted by atomic mass is 10.1. The molecular formula is C12H14N4OS. The van der Waals surface area contributed by atoms with Crippen molar-refractivity contribution in [3.63, 3.8) is 0 Å². The third kappa shape index (κ3) is 3.31. The van der Waals surface area contributed by atoms with Gasteiger partial charge in [0.15, 0.2) is 0 Å². The lowest BCUT2D eigenvalue weighted by Gasteiger charge is -1.98. The molecule has 0 saturated heterocycles. The summed E-state index contributed by atoms with van der Waals surface area (Å²) in [5.74, 6) is 1.62. The number of nitrogens with one attached hydrogen (secondary N) is 1. The first-order valence-electron chi connectivity index (χ1n) is 5.72. The zero-order valence-corrected chi connectivity index (χ0v) is 11.1. The molecule has 0 unspecified atom stereocenters. The molecule has 5 nitrogen and oxygen atoms in total. The maximum Gasteiger partial charge on any atom is 0.206 e. The summed E-state index contributed by atoms with van der Waals surface area (Å²) in [6.07, 6.45) is 0.943. The summed E-state index contributed by atoms with van der Waals surface area (Å²) >= 11 is 1.55. The third-order valence-electron chi connectivity index (χ3n) is 2.24. The molecule has 0 fully saturated rings. The first-order valence-corrected chi connectivity index (χ1v) is 6.54. The summed E-state index contributed by atoms with van der Waals surface area (Å²) < 4.78 is 5.26. The summed E-state index contributed by atoms with van der Waals surface area (Å²) in [5, 5.41) is 21.8. The highest BCUT2D eigenvalue weighted by molar-refractivity contribution is 7.15. The largest absolute Gasteiger partial charge is 0.449 e. The van der Waals surface area contributed by atoms with Gasteiger partial charge >= 0.3 is 0 Å². The molecule has 0 atom stereocenters. The van der Waals surface area contributed by atoms with Crippen molar-refractivity contribution < 1.29 is 4.42 Å². The van der Waals surface area contributed by atoms with E-state index in [1.165, 1.54) is 0 Å². The van der Waals surface area contributed by atoms with E-state index in [-0.39, 0.29) is 0 Å². The van der Waals surface area contributed by atoms with Gasteiger partial charge in [0, 0.05) is 6.42 Å². The quantitative estimate of drug-likeness (QED) is 0.896. The summed E-state index contributed by atoms with van der Waals surface area (Å²) in [6, 6.07) is 5.38. The van der Waals surface area contributed by atoms with Crippen LogP contribution in [0.15, 0.2) is 16.5 Å². The molecule has 0 spiro atoms. The Labute approximate surface area is 109 Å². The zero-order valence-electron chi connectivity index (χ0n) is 10.3. The maximum absolute atomic E-state index is 8.64. The number of anilines is 1. The van der Waals surface area contributed by atoms with Crippen LogP contribution in [-0.4, -0.2) is 10.2 Å². The molecule has 0 aromatic carbocycles. The van der Waals surface area contributed by atoms with Gasteiger partial charge < -0.3 is 9.73 Å². The number of nitrogens with zero attached hydrogens (tertiary/aromatic N) is 3. The summed E-state index contributed by atoms with van der Waals surface area (Å²) in [7, 11) is 0. The van der Waals surface area contributed by atoms with E-state index in [4.69, 9.17) is 9.68 Å². The Morgan fingerprint density at radius 1 is 1.44 bits per heavy atom. The number of nitriles is 1. The monoisotopic (exact) mass is 262 g/mol. The smallest absolute Gasteiger partial charge is 0.206 e. The molecule has 0 radical (unpaired) electrons. The molecule has 0 aliphatic heterocycles. The van der Waals surface area contributed by atoms with Crippen LogP contribution in [0.25, 0.3) is 0 Å². The molecule has 0 aliphatic carbocycles. The van der Waals surface area contributed by atoms with Gasteiger partial charge in [-0.05, 0) is 18.1 Å². The van der Waals surface area contributed by atoms with Crippen molar-refractivity contribution in [2.24, 2.45) is 5.92 Å². The van der Waals surface area contributed by atoms with E-state index < -0.39 is 0 Å². The normalized spacial score (nSPS) is 10.6. The van der Waals surface area contributed by atoms with Crippen LogP contribution in [0, 0.1) is 17.2 Å². The van der Waals surface area contributed by atoms with Gasteiger partial charge in [-0.15, -0.1) is 10.2 Å².